The number of nitrogens with one attached hydrogen (secondary N) is 1. The first-order valence-electron chi connectivity index (χ1n) is 6.85. The zero-order valence-corrected chi connectivity index (χ0v) is 10.7. The molecule has 0 radical (unpaired) electrons. The standard InChI is InChI=1S/C14H25NO/c1-3-11-7-8-12(10-11)14(15-2)13-6-4-5-9-16-13/h6,11-12,14-15H,3-5,7-10H2,1-2H3. The molecule has 0 aromatic heterocycles. The van der Waals surface area contributed by atoms with E-state index in [1.54, 1.807) is 0 Å². The van der Waals surface area contributed by atoms with Crippen LogP contribution in [0.2, 0.25) is 0 Å². The second-order valence-corrected chi connectivity index (χ2v) is 5.21. The third-order valence-corrected chi connectivity index (χ3v) is 4.21. The molecule has 1 aliphatic heterocycles. The molecule has 1 N–H and O–H groups in total. The average Bonchev–Trinajstić information content (AvgIpc) is 2.80. The minimum atomic E-state index is 0.469. The molecule has 0 aromatic rings. The van der Waals surface area contributed by atoms with Gasteiger partial charge in [0, 0.05) is 0 Å². The van der Waals surface area contributed by atoms with Crippen molar-refractivity contribution in [1.82, 2.24) is 5.32 Å². The Morgan fingerprint density at radius 2 is 2.38 bits per heavy atom. The van der Waals surface area contributed by atoms with Crippen LogP contribution < -0.4 is 5.32 Å². The van der Waals surface area contributed by atoms with Gasteiger partial charge in [-0.25, -0.2) is 0 Å². The number of hydrogen-bond donors (Lipinski definition) is 1. The molecule has 0 aromatic carbocycles. The zero-order valence-electron chi connectivity index (χ0n) is 10.7. The summed E-state index contributed by atoms with van der Waals surface area (Å²) in [6.45, 7) is 3.23. The van der Waals surface area contributed by atoms with Gasteiger partial charge < -0.3 is 10.1 Å². The Hall–Kier alpha value is -0.500. The third kappa shape index (κ3) is 2.60. The summed E-state index contributed by atoms with van der Waals surface area (Å²) >= 11 is 0. The first-order valence-corrected chi connectivity index (χ1v) is 6.85. The molecule has 3 atom stereocenters. The summed E-state index contributed by atoms with van der Waals surface area (Å²) in [5.74, 6) is 2.96. The van der Waals surface area contributed by atoms with E-state index >= 15 is 0 Å². The fraction of sp³-hybridized carbons (Fsp3) is 0.857. The summed E-state index contributed by atoms with van der Waals surface area (Å²) in [5.41, 5.74) is 0. The molecule has 0 saturated heterocycles. The summed E-state index contributed by atoms with van der Waals surface area (Å²) in [7, 11) is 2.07. The van der Waals surface area contributed by atoms with Gasteiger partial charge in [0.15, 0.2) is 0 Å². The Labute approximate surface area is 99.4 Å². The number of ether oxygens (including phenoxy) is 1. The lowest BCUT2D eigenvalue weighted by atomic mass is 9.93. The summed E-state index contributed by atoms with van der Waals surface area (Å²) < 4.78 is 5.81. The first-order chi connectivity index (χ1) is 7.85. The van der Waals surface area contributed by atoms with Crippen molar-refractivity contribution in [2.24, 2.45) is 11.8 Å². The van der Waals surface area contributed by atoms with E-state index in [0.29, 0.717) is 6.04 Å². The fourth-order valence-corrected chi connectivity index (χ4v) is 3.19. The molecule has 2 nitrogen and oxygen atoms in total. The first kappa shape index (κ1) is 12.0. The van der Waals surface area contributed by atoms with Gasteiger partial charge in [0.25, 0.3) is 0 Å². The molecule has 0 bridgehead atoms. The lowest BCUT2D eigenvalue weighted by molar-refractivity contribution is 0.152. The summed E-state index contributed by atoms with van der Waals surface area (Å²) in [6, 6.07) is 0.469. The molecule has 0 amide bonds. The van der Waals surface area contributed by atoms with Crippen LogP contribution in [0.15, 0.2) is 11.8 Å². The predicted molar refractivity (Wildman–Crippen MR) is 67.2 cm³/mol. The lowest BCUT2D eigenvalue weighted by Crippen LogP contribution is -2.36. The third-order valence-electron chi connectivity index (χ3n) is 4.21. The highest BCUT2D eigenvalue weighted by Gasteiger charge is 2.32. The van der Waals surface area contributed by atoms with E-state index in [9.17, 15) is 0 Å². The molecule has 2 aliphatic rings. The van der Waals surface area contributed by atoms with Crippen LogP contribution >= 0.6 is 0 Å². The molecule has 16 heavy (non-hydrogen) atoms. The summed E-state index contributed by atoms with van der Waals surface area (Å²) in [5, 5.41) is 3.47. The SMILES string of the molecule is CCC1CCC(C(NC)C2=CCCCO2)C1. The molecule has 1 aliphatic carbocycles. The van der Waals surface area contributed by atoms with Crippen molar-refractivity contribution in [2.45, 2.75) is 51.5 Å². The van der Waals surface area contributed by atoms with E-state index in [-0.39, 0.29) is 0 Å². The Bertz CT molecular complexity index is 249. The average molecular weight is 223 g/mol. The second kappa shape index (κ2) is 5.72. The van der Waals surface area contributed by atoms with Crippen LogP contribution in [0.25, 0.3) is 0 Å². The van der Waals surface area contributed by atoms with Gasteiger partial charge in [-0.1, -0.05) is 19.8 Å². The van der Waals surface area contributed by atoms with Gasteiger partial charge in [-0.2, -0.15) is 0 Å². The van der Waals surface area contributed by atoms with Gasteiger partial charge in [0.1, 0.15) is 5.76 Å². The Morgan fingerprint density at radius 1 is 1.50 bits per heavy atom. The maximum absolute atomic E-state index is 5.81. The minimum Gasteiger partial charge on any atom is -0.497 e. The molecule has 2 heteroatoms. The molecular formula is C14H25NO. The molecule has 1 fully saturated rings. The quantitative estimate of drug-likeness (QED) is 0.790. The van der Waals surface area contributed by atoms with Crippen molar-refractivity contribution in [2.75, 3.05) is 13.7 Å². The van der Waals surface area contributed by atoms with E-state index in [0.717, 1.165) is 18.4 Å². The molecule has 2 rings (SSSR count). The highest BCUT2D eigenvalue weighted by atomic mass is 16.5. The van der Waals surface area contributed by atoms with Crippen molar-refractivity contribution in [3.05, 3.63) is 11.8 Å². The monoisotopic (exact) mass is 223 g/mol. The normalized spacial score (nSPS) is 32.0. The maximum Gasteiger partial charge on any atom is 0.109 e. The lowest BCUT2D eigenvalue weighted by Gasteiger charge is -2.28. The predicted octanol–water partition coefficient (Wildman–Crippen LogP) is 3.10. The van der Waals surface area contributed by atoms with Gasteiger partial charge in [-0.05, 0) is 50.6 Å². The van der Waals surface area contributed by atoms with Gasteiger partial charge in [0.2, 0.25) is 0 Å². The van der Waals surface area contributed by atoms with Crippen molar-refractivity contribution in [3.8, 4) is 0 Å². The van der Waals surface area contributed by atoms with Gasteiger partial charge in [-0.3, -0.25) is 0 Å². The summed E-state index contributed by atoms with van der Waals surface area (Å²) in [4.78, 5) is 0. The van der Waals surface area contributed by atoms with Crippen LogP contribution in [0.1, 0.15) is 45.4 Å². The van der Waals surface area contributed by atoms with Crippen LogP contribution in [0.4, 0.5) is 0 Å². The fourth-order valence-electron chi connectivity index (χ4n) is 3.19. The topological polar surface area (TPSA) is 21.3 Å². The number of likely N-dealkylation sites (N-methyl/N-ethyl adjacent to an activating group) is 1. The Morgan fingerprint density at radius 3 is 2.94 bits per heavy atom. The van der Waals surface area contributed by atoms with Gasteiger partial charge in [0.05, 0.1) is 12.6 Å². The smallest absolute Gasteiger partial charge is 0.109 e. The van der Waals surface area contributed by atoms with Crippen molar-refractivity contribution in [1.29, 1.82) is 0 Å². The van der Waals surface area contributed by atoms with Gasteiger partial charge >= 0.3 is 0 Å². The Balaban J connectivity index is 1.97. The number of hydrogen-bond acceptors (Lipinski definition) is 2. The minimum absolute atomic E-state index is 0.469. The van der Waals surface area contributed by atoms with Gasteiger partial charge in [-0.15, -0.1) is 0 Å². The van der Waals surface area contributed by atoms with Crippen molar-refractivity contribution >= 4 is 0 Å². The number of rotatable bonds is 4. The van der Waals surface area contributed by atoms with Crippen molar-refractivity contribution < 1.29 is 4.74 Å². The van der Waals surface area contributed by atoms with E-state index in [1.807, 2.05) is 0 Å². The Kier molecular flexibility index (Phi) is 4.28. The zero-order chi connectivity index (χ0) is 11.4. The number of allylic oxidation sites excluding steroid dienone is 1. The summed E-state index contributed by atoms with van der Waals surface area (Å²) in [6.07, 6.45) is 10.2. The highest BCUT2D eigenvalue weighted by Crippen LogP contribution is 2.37. The molecule has 92 valence electrons. The van der Waals surface area contributed by atoms with E-state index in [1.165, 1.54) is 44.3 Å². The van der Waals surface area contributed by atoms with Crippen LogP contribution in [-0.2, 0) is 4.74 Å². The highest BCUT2D eigenvalue weighted by molar-refractivity contribution is 5.08. The van der Waals surface area contributed by atoms with E-state index in [2.05, 4.69) is 25.4 Å². The molecule has 1 saturated carbocycles. The van der Waals surface area contributed by atoms with E-state index < -0.39 is 0 Å². The van der Waals surface area contributed by atoms with Crippen molar-refractivity contribution in [3.63, 3.8) is 0 Å². The van der Waals surface area contributed by atoms with E-state index in [4.69, 9.17) is 4.74 Å². The van der Waals surface area contributed by atoms with Crippen LogP contribution in [0.5, 0.6) is 0 Å². The largest absolute Gasteiger partial charge is 0.497 e. The molecular weight excluding hydrogens is 198 g/mol. The maximum atomic E-state index is 5.81. The molecule has 1 heterocycles. The molecule has 3 unspecified atom stereocenters. The molecule has 0 spiro atoms. The van der Waals surface area contributed by atoms with Crippen LogP contribution in [0.3, 0.4) is 0 Å². The van der Waals surface area contributed by atoms with Crippen LogP contribution in [-0.4, -0.2) is 19.7 Å². The van der Waals surface area contributed by atoms with Crippen LogP contribution in [0, 0.1) is 11.8 Å². The second-order valence-electron chi connectivity index (χ2n) is 5.21.